The molecule has 0 amide bonds. The zero-order valence-corrected chi connectivity index (χ0v) is 15.2. The van der Waals surface area contributed by atoms with Crippen molar-refractivity contribution in [1.82, 2.24) is 0 Å². The Labute approximate surface area is 145 Å². The van der Waals surface area contributed by atoms with Gasteiger partial charge >= 0.3 is 5.69 Å². The van der Waals surface area contributed by atoms with E-state index in [0.29, 0.717) is 17.1 Å². The maximum Gasteiger partial charge on any atom is 0.310 e. The largest absolute Gasteiger partial charge is 0.466 e. The summed E-state index contributed by atoms with van der Waals surface area (Å²) in [6.45, 7) is 4.94. The summed E-state index contributed by atoms with van der Waals surface area (Å²) in [5, 5.41) is 24.8. The van der Waals surface area contributed by atoms with Crippen LogP contribution in [-0.4, -0.2) is 31.2 Å². The number of nitro groups is 1. The average molecular weight is 368 g/mol. The third kappa shape index (κ3) is 3.99. The van der Waals surface area contributed by atoms with Crippen LogP contribution in [0.4, 0.5) is 11.4 Å². The smallest absolute Gasteiger partial charge is 0.310 e. The molecule has 9 heteroatoms. The van der Waals surface area contributed by atoms with E-state index in [2.05, 4.69) is 5.32 Å². The minimum atomic E-state index is -3.77. The molecule has 0 saturated heterocycles. The van der Waals surface area contributed by atoms with Gasteiger partial charge in [0.1, 0.15) is 27.7 Å². The molecule has 0 fully saturated rings. The van der Waals surface area contributed by atoms with Crippen molar-refractivity contribution < 1.29 is 22.9 Å². The van der Waals surface area contributed by atoms with Gasteiger partial charge in [0.2, 0.25) is 0 Å². The van der Waals surface area contributed by atoms with E-state index in [1.807, 2.05) is 0 Å². The van der Waals surface area contributed by atoms with Crippen molar-refractivity contribution in [3.05, 3.63) is 51.5 Å². The van der Waals surface area contributed by atoms with E-state index < -0.39 is 26.0 Å². The van der Waals surface area contributed by atoms with Crippen molar-refractivity contribution in [2.45, 2.75) is 31.3 Å². The minimum Gasteiger partial charge on any atom is -0.466 e. The number of aliphatic hydroxyl groups is 1. The topological polar surface area (TPSA) is 123 Å². The molecule has 8 nitrogen and oxygen atoms in total. The summed E-state index contributed by atoms with van der Waals surface area (Å²) in [5.74, 6) is 1.18. The van der Waals surface area contributed by atoms with Gasteiger partial charge in [-0.15, -0.1) is 0 Å². The number of nitro benzene ring substituents is 1. The molecule has 2 N–H and O–H groups in total. The van der Waals surface area contributed by atoms with Crippen molar-refractivity contribution in [3.8, 4) is 0 Å². The summed E-state index contributed by atoms with van der Waals surface area (Å²) >= 11 is 0. The molecule has 0 bridgehead atoms. The lowest BCUT2D eigenvalue weighted by Gasteiger charge is -2.24. The third-order valence-electron chi connectivity index (χ3n) is 3.83. The Morgan fingerprint density at radius 1 is 1.36 bits per heavy atom. The van der Waals surface area contributed by atoms with Crippen molar-refractivity contribution in [2.24, 2.45) is 0 Å². The fourth-order valence-corrected chi connectivity index (χ4v) is 3.54. The van der Waals surface area contributed by atoms with Crippen LogP contribution < -0.4 is 5.32 Å². The number of sulfone groups is 1. The molecule has 1 heterocycles. The highest BCUT2D eigenvalue weighted by Crippen LogP contribution is 2.33. The maximum absolute atomic E-state index is 11.8. The number of nitrogens with one attached hydrogen (secondary N) is 1. The van der Waals surface area contributed by atoms with Crippen LogP contribution in [-0.2, 0) is 15.4 Å². The lowest BCUT2D eigenvalue weighted by atomic mass is 9.96. The van der Waals surface area contributed by atoms with Crippen LogP contribution >= 0.6 is 0 Å². The molecule has 0 radical (unpaired) electrons. The first-order chi connectivity index (χ1) is 11.4. The number of furan rings is 1. The van der Waals surface area contributed by atoms with E-state index in [0.717, 1.165) is 6.26 Å². The van der Waals surface area contributed by atoms with Gasteiger partial charge in [-0.25, -0.2) is 8.42 Å². The van der Waals surface area contributed by atoms with Gasteiger partial charge in [-0.3, -0.25) is 10.1 Å². The summed E-state index contributed by atoms with van der Waals surface area (Å²) in [6.07, 6.45) is 0.910. The molecule has 25 heavy (non-hydrogen) atoms. The third-order valence-corrected chi connectivity index (χ3v) is 4.95. The normalized spacial score (nSPS) is 14.1. The van der Waals surface area contributed by atoms with Gasteiger partial charge in [0.05, 0.1) is 4.92 Å². The van der Waals surface area contributed by atoms with E-state index in [4.69, 9.17) is 4.42 Å². The van der Waals surface area contributed by atoms with Gasteiger partial charge in [0, 0.05) is 18.4 Å². The second kappa shape index (κ2) is 6.49. The molecule has 0 spiro atoms. The summed E-state index contributed by atoms with van der Waals surface area (Å²) in [5.41, 5.74) is -1.33. The van der Waals surface area contributed by atoms with Gasteiger partial charge in [0.15, 0.2) is 9.84 Å². The van der Waals surface area contributed by atoms with E-state index in [-0.39, 0.29) is 17.1 Å². The number of rotatable bonds is 6. The first-order valence-electron chi connectivity index (χ1n) is 7.44. The highest BCUT2D eigenvalue weighted by molar-refractivity contribution is 7.90. The van der Waals surface area contributed by atoms with Crippen LogP contribution in [0.25, 0.3) is 0 Å². The molecule has 2 aromatic rings. The molecule has 0 saturated carbocycles. The van der Waals surface area contributed by atoms with Gasteiger partial charge in [-0.1, -0.05) is 6.07 Å². The van der Waals surface area contributed by atoms with Crippen LogP contribution in [0.1, 0.15) is 24.0 Å². The zero-order chi connectivity index (χ0) is 19.0. The van der Waals surface area contributed by atoms with Crippen LogP contribution in [0.5, 0.6) is 0 Å². The predicted molar refractivity (Wildman–Crippen MR) is 92.4 cm³/mol. The minimum absolute atomic E-state index is 0.0195. The average Bonchev–Trinajstić information content (AvgIpc) is 2.83. The highest BCUT2D eigenvalue weighted by Gasteiger charge is 2.30. The number of nitrogens with zero attached hydrogens (tertiary/aromatic N) is 1. The Morgan fingerprint density at radius 2 is 2.00 bits per heavy atom. The molecule has 1 aromatic carbocycles. The van der Waals surface area contributed by atoms with E-state index in [1.165, 1.54) is 18.2 Å². The number of aryl methyl sites for hydroxylation is 2. The Hall–Kier alpha value is -2.39. The zero-order valence-electron chi connectivity index (χ0n) is 14.4. The second-order valence-electron chi connectivity index (χ2n) is 6.14. The number of para-hydroxylation sites is 1. The fraction of sp³-hybridized carbons (Fsp3) is 0.375. The molecule has 1 atom stereocenters. The SMILES string of the molecule is Cc1cc(C(C)(O)CNc2cccc(S(C)(=O)=O)c2[N+](=O)[O-])c(C)o1. The molecule has 2 rings (SSSR count). The van der Waals surface area contributed by atoms with Crippen LogP contribution in [0.15, 0.2) is 33.6 Å². The van der Waals surface area contributed by atoms with Crippen LogP contribution in [0.2, 0.25) is 0 Å². The second-order valence-corrected chi connectivity index (χ2v) is 8.12. The number of hydrogen-bond donors (Lipinski definition) is 2. The summed E-state index contributed by atoms with van der Waals surface area (Å²) in [4.78, 5) is 10.2. The summed E-state index contributed by atoms with van der Waals surface area (Å²) in [7, 11) is -3.77. The fourth-order valence-electron chi connectivity index (χ4n) is 2.68. The monoisotopic (exact) mass is 368 g/mol. The lowest BCUT2D eigenvalue weighted by Crippen LogP contribution is -2.31. The quantitative estimate of drug-likeness (QED) is 0.593. The van der Waals surface area contributed by atoms with Crippen molar-refractivity contribution >= 4 is 21.2 Å². The maximum atomic E-state index is 11.8. The van der Waals surface area contributed by atoms with Crippen LogP contribution in [0.3, 0.4) is 0 Å². The Kier molecular flexibility index (Phi) is 4.92. The highest BCUT2D eigenvalue weighted by atomic mass is 32.2. The number of benzene rings is 1. The van der Waals surface area contributed by atoms with E-state index in [1.54, 1.807) is 26.8 Å². The van der Waals surface area contributed by atoms with Crippen molar-refractivity contribution in [1.29, 1.82) is 0 Å². The molecule has 136 valence electrons. The molecule has 0 aliphatic heterocycles. The van der Waals surface area contributed by atoms with Gasteiger partial charge < -0.3 is 14.8 Å². The first kappa shape index (κ1) is 18.9. The molecule has 0 aliphatic rings. The lowest BCUT2D eigenvalue weighted by molar-refractivity contribution is -0.386. The molecular formula is C16H20N2O6S. The molecule has 1 unspecified atom stereocenters. The summed E-state index contributed by atoms with van der Waals surface area (Å²) in [6, 6.07) is 5.68. The van der Waals surface area contributed by atoms with Crippen LogP contribution in [0, 0.1) is 24.0 Å². The van der Waals surface area contributed by atoms with E-state index >= 15 is 0 Å². The van der Waals surface area contributed by atoms with Gasteiger partial charge in [-0.05, 0) is 39.0 Å². The van der Waals surface area contributed by atoms with E-state index in [9.17, 15) is 23.6 Å². The Morgan fingerprint density at radius 3 is 2.48 bits per heavy atom. The standard InChI is InChI=1S/C16H20N2O6S/c1-10-8-12(11(2)24-10)16(3,19)9-17-13-6-5-7-14(25(4,22)23)15(13)18(20)21/h5-8,17,19H,9H2,1-4H3. The Bertz CT molecular complexity index is 915. The number of hydrogen-bond acceptors (Lipinski definition) is 7. The first-order valence-corrected chi connectivity index (χ1v) is 9.34. The van der Waals surface area contributed by atoms with Gasteiger partial charge in [-0.2, -0.15) is 0 Å². The molecule has 0 aliphatic carbocycles. The molecule has 1 aromatic heterocycles. The number of anilines is 1. The van der Waals surface area contributed by atoms with Gasteiger partial charge in [0.25, 0.3) is 0 Å². The van der Waals surface area contributed by atoms with Crippen molar-refractivity contribution in [2.75, 3.05) is 18.1 Å². The summed E-state index contributed by atoms with van der Waals surface area (Å²) < 4.78 is 29.0. The van der Waals surface area contributed by atoms with Crippen molar-refractivity contribution in [3.63, 3.8) is 0 Å². The predicted octanol–water partition coefficient (Wildman–Crippen LogP) is 2.53. The molecular weight excluding hydrogens is 348 g/mol. The Balaban J connectivity index is 2.38.